The molecule has 0 amide bonds. The van der Waals surface area contributed by atoms with Crippen molar-refractivity contribution in [3.8, 4) is 5.75 Å². The van der Waals surface area contributed by atoms with E-state index in [0.29, 0.717) is 11.8 Å². The maximum absolute atomic E-state index is 5.51. The second-order valence-corrected chi connectivity index (χ2v) is 3.74. The van der Waals surface area contributed by atoms with Crippen LogP contribution >= 0.6 is 0 Å². The van der Waals surface area contributed by atoms with Crippen molar-refractivity contribution in [2.24, 2.45) is 5.92 Å². The summed E-state index contributed by atoms with van der Waals surface area (Å²) in [6, 6.07) is 2.02. The van der Waals surface area contributed by atoms with Crippen molar-refractivity contribution in [3.63, 3.8) is 0 Å². The van der Waals surface area contributed by atoms with Crippen LogP contribution in [0, 0.1) is 5.92 Å². The largest absolute Gasteiger partial charge is 0.492 e. The molecule has 2 rings (SSSR count). The molecule has 0 radical (unpaired) electrons. The van der Waals surface area contributed by atoms with E-state index < -0.39 is 0 Å². The van der Waals surface area contributed by atoms with Gasteiger partial charge in [-0.1, -0.05) is 13.8 Å². The van der Waals surface area contributed by atoms with Gasteiger partial charge in [0.05, 0.1) is 12.3 Å². The smallest absolute Gasteiger partial charge is 0.140 e. The van der Waals surface area contributed by atoms with Crippen LogP contribution in [0.4, 0.5) is 0 Å². The number of hydrogen-bond acceptors (Lipinski definition) is 1. The zero-order valence-electron chi connectivity index (χ0n) is 7.63. The van der Waals surface area contributed by atoms with Gasteiger partial charge in [-0.3, -0.25) is 0 Å². The number of aromatic nitrogens is 1. The molecule has 1 aromatic rings. The van der Waals surface area contributed by atoms with Gasteiger partial charge >= 0.3 is 0 Å². The van der Waals surface area contributed by atoms with E-state index >= 15 is 0 Å². The van der Waals surface area contributed by atoms with E-state index in [2.05, 4.69) is 18.8 Å². The van der Waals surface area contributed by atoms with Gasteiger partial charge in [-0.2, -0.15) is 0 Å². The highest BCUT2D eigenvalue weighted by Crippen LogP contribution is 2.36. The lowest BCUT2D eigenvalue weighted by Gasteiger charge is -2.25. The molecule has 0 saturated carbocycles. The summed E-state index contributed by atoms with van der Waals surface area (Å²) in [5.41, 5.74) is 1.29. The third-order valence-electron chi connectivity index (χ3n) is 2.60. The minimum atomic E-state index is 0.656. The SMILES string of the molecule is CC(C)[C@@H]1CCOc2cc[nH]c21. The lowest BCUT2D eigenvalue weighted by molar-refractivity contribution is 0.245. The number of hydrogen-bond donors (Lipinski definition) is 1. The van der Waals surface area contributed by atoms with Crippen molar-refractivity contribution in [3.05, 3.63) is 18.0 Å². The maximum atomic E-state index is 5.51. The second-order valence-electron chi connectivity index (χ2n) is 3.74. The third kappa shape index (κ3) is 1.11. The molecule has 0 fully saturated rings. The molecule has 1 aliphatic heterocycles. The van der Waals surface area contributed by atoms with E-state index in [1.165, 1.54) is 5.69 Å². The second kappa shape index (κ2) is 2.85. The molecule has 1 N–H and O–H groups in total. The highest BCUT2D eigenvalue weighted by Gasteiger charge is 2.24. The van der Waals surface area contributed by atoms with Crippen molar-refractivity contribution in [1.82, 2.24) is 4.98 Å². The van der Waals surface area contributed by atoms with Gasteiger partial charge in [0.25, 0.3) is 0 Å². The van der Waals surface area contributed by atoms with Crippen LogP contribution in [0.25, 0.3) is 0 Å². The molecule has 12 heavy (non-hydrogen) atoms. The van der Waals surface area contributed by atoms with Crippen molar-refractivity contribution >= 4 is 0 Å². The molecule has 0 aromatic carbocycles. The predicted molar refractivity (Wildman–Crippen MR) is 48.5 cm³/mol. The van der Waals surface area contributed by atoms with Crippen LogP contribution in [0.1, 0.15) is 31.9 Å². The molecular weight excluding hydrogens is 150 g/mol. The predicted octanol–water partition coefficient (Wildman–Crippen LogP) is 2.54. The Labute approximate surface area is 72.9 Å². The zero-order valence-corrected chi connectivity index (χ0v) is 7.63. The first-order valence-corrected chi connectivity index (χ1v) is 4.59. The van der Waals surface area contributed by atoms with Crippen LogP contribution < -0.4 is 4.74 Å². The van der Waals surface area contributed by atoms with E-state index in [1.807, 2.05) is 12.3 Å². The number of rotatable bonds is 1. The van der Waals surface area contributed by atoms with Gasteiger partial charge in [0, 0.05) is 12.1 Å². The van der Waals surface area contributed by atoms with Crippen molar-refractivity contribution in [2.45, 2.75) is 26.2 Å². The van der Waals surface area contributed by atoms with Crippen molar-refractivity contribution in [2.75, 3.05) is 6.61 Å². The van der Waals surface area contributed by atoms with E-state index in [9.17, 15) is 0 Å². The van der Waals surface area contributed by atoms with Crippen LogP contribution in [0.2, 0.25) is 0 Å². The number of H-pyrrole nitrogens is 1. The monoisotopic (exact) mass is 165 g/mol. The van der Waals surface area contributed by atoms with Crippen LogP contribution in [-0.2, 0) is 0 Å². The fourth-order valence-corrected chi connectivity index (χ4v) is 1.89. The Hall–Kier alpha value is -0.920. The molecule has 1 aromatic heterocycles. The topological polar surface area (TPSA) is 25.0 Å². The standard InChI is InChI=1S/C10H15NO/c1-7(2)8-4-6-12-9-3-5-11-10(8)9/h3,5,7-8,11H,4,6H2,1-2H3/t8-/m0/s1. The molecular formula is C10H15NO. The molecule has 2 heterocycles. The molecule has 66 valence electrons. The summed E-state index contributed by atoms with van der Waals surface area (Å²) in [5.74, 6) is 2.41. The fraction of sp³-hybridized carbons (Fsp3) is 0.600. The van der Waals surface area contributed by atoms with Crippen molar-refractivity contribution in [1.29, 1.82) is 0 Å². The Morgan fingerprint density at radius 1 is 1.58 bits per heavy atom. The van der Waals surface area contributed by atoms with Crippen LogP contribution in [-0.4, -0.2) is 11.6 Å². The summed E-state index contributed by atoms with van der Waals surface area (Å²) < 4.78 is 5.51. The average molecular weight is 165 g/mol. The highest BCUT2D eigenvalue weighted by atomic mass is 16.5. The number of ether oxygens (including phenoxy) is 1. The molecule has 0 saturated heterocycles. The van der Waals surface area contributed by atoms with Gasteiger partial charge in [0.15, 0.2) is 0 Å². The van der Waals surface area contributed by atoms with Crippen LogP contribution in [0.3, 0.4) is 0 Å². The third-order valence-corrected chi connectivity index (χ3v) is 2.60. The number of aromatic amines is 1. The Balaban J connectivity index is 2.31. The molecule has 0 aliphatic carbocycles. The van der Waals surface area contributed by atoms with Gasteiger partial charge in [0.2, 0.25) is 0 Å². The van der Waals surface area contributed by atoms with Gasteiger partial charge < -0.3 is 9.72 Å². The minimum absolute atomic E-state index is 0.656. The van der Waals surface area contributed by atoms with Gasteiger partial charge in [-0.15, -0.1) is 0 Å². The summed E-state index contributed by atoms with van der Waals surface area (Å²) in [4.78, 5) is 3.26. The van der Waals surface area contributed by atoms with Gasteiger partial charge in [-0.05, 0) is 18.4 Å². The quantitative estimate of drug-likeness (QED) is 0.679. The Morgan fingerprint density at radius 2 is 2.42 bits per heavy atom. The summed E-state index contributed by atoms with van der Waals surface area (Å²) in [6.07, 6.45) is 3.11. The lowest BCUT2D eigenvalue weighted by Crippen LogP contribution is -2.17. The maximum Gasteiger partial charge on any atom is 0.140 e. The fourth-order valence-electron chi connectivity index (χ4n) is 1.89. The van der Waals surface area contributed by atoms with Gasteiger partial charge in [0.1, 0.15) is 5.75 Å². The van der Waals surface area contributed by atoms with Crippen LogP contribution in [0.15, 0.2) is 12.3 Å². The van der Waals surface area contributed by atoms with Gasteiger partial charge in [-0.25, -0.2) is 0 Å². The molecule has 1 aliphatic rings. The summed E-state index contributed by atoms with van der Waals surface area (Å²) in [6.45, 7) is 5.40. The summed E-state index contributed by atoms with van der Waals surface area (Å²) in [7, 11) is 0. The Morgan fingerprint density at radius 3 is 3.17 bits per heavy atom. The first-order chi connectivity index (χ1) is 5.79. The molecule has 0 bridgehead atoms. The van der Waals surface area contributed by atoms with Crippen LogP contribution in [0.5, 0.6) is 5.75 Å². The average Bonchev–Trinajstić information content (AvgIpc) is 2.49. The summed E-state index contributed by atoms with van der Waals surface area (Å²) in [5, 5.41) is 0. The number of fused-ring (bicyclic) bond motifs is 1. The lowest BCUT2D eigenvalue weighted by atomic mass is 9.88. The normalized spacial score (nSPS) is 22.1. The van der Waals surface area contributed by atoms with E-state index in [4.69, 9.17) is 4.74 Å². The first-order valence-electron chi connectivity index (χ1n) is 4.59. The molecule has 0 unspecified atom stereocenters. The van der Waals surface area contributed by atoms with E-state index in [1.54, 1.807) is 0 Å². The number of nitrogens with one attached hydrogen (secondary N) is 1. The Kier molecular flexibility index (Phi) is 1.83. The minimum Gasteiger partial charge on any atom is -0.492 e. The molecule has 2 heteroatoms. The van der Waals surface area contributed by atoms with Crippen molar-refractivity contribution < 1.29 is 4.74 Å². The molecule has 0 spiro atoms. The summed E-state index contributed by atoms with van der Waals surface area (Å²) >= 11 is 0. The Bertz CT molecular complexity index is 265. The van der Waals surface area contributed by atoms with E-state index in [0.717, 1.165) is 18.8 Å². The molecule has 2 nitrogen and oxygen atoms in total. The molecule has 1 atom stereocenters. The highest BCUT2D eigenvalue weighted by molar-refractivity contribution is 5.32. The zero-order chi connectivity index (χ0) is 8.55. The van der Waals surface area contributed by atoms with E-state index in [-0.39, 0.29) is 0 Å². The first kappa shape index (κ1) is 7.71.